The molecule has 8 aromatic rings. The summed E-state index contributed by atoms with van der Waals surface area (Å²) in [6.45, 7) is 0. The molecule has 2 aliphatic heterocycles. The van der Waals surface area contributed by atoms with Crippen LogP contribution in [0.3, 0.4) is 0 Å². The Bertz CT molecular complexity index is 2280. The van der Waals surface area contributed by atoms with Gasteiger partial charge in [0.1, 0.15) is 11.5 Å². The highest BCUT2D eigenvalue weighted by Gasteiger charge is 2.68. The third-order valence-corrected chi connectivity index (χ3v) is 13.1. The third kappa shape index (κ3) is 5.37. The van der Waals surface area contributed by atoms with Crippen molar-refractivity contribution in [2.24, 2.45) is 0 Å². The Morgan fingerprint density at radius 2 is 0.566 bits per heavy atom. The van der Waals surface area contributed by atoms with Crippen molar-refractivity contribution in [3.63, 3.8) is 0 Å². The van der Waals surface area contributed by atoms with E-state index in [1.54, 1.807) is 0 Å². The fourth-order valence-corrected chi connectivity index (χ4v) is 11.0. The van der Waals surface area contributed by atoms with Gasteiger partial charge in [-0.15, -0.1) is 0 Å². The van der Waals surface area contributed by atoms with Crippen LogP contribution in [-0.4, -0.2) is 8.88 Å². The lowest BCUT2D eigenvalue weighted by Gasteiger charge is -2.36. The lowest BCUT2D eigenvalue weighted by molar-refractivity contribution is 0.413. The molecule has 2 heterocycles. The smallest absolute Gasteiger partial charge is 0.478 e. The van der Waals surface area contributed by atoms with Crippen molar-refractivity contribution < 1.29 is 8.85 Å². The third-order valence-electron chi connectivity index (χ3n) is 10.0. The molecule has 0 unspecified atom stereocenters. The number of fused-ring (bicyclic) bond motifs is 2. The SMILES string of the molecule is c1ccc(-c2cc(-c3ccccc3)cc(N3c4ccccc4O[Si]34Oc3ccccc3N4c3cc(-c4ccccc4)cc(-c4ccccc4)c3)c2)cc1. The normalized spacial score (nSPS) is 13.7. The van der Waals surface area contributed by atoms with Crippen LogP contribution < -0.4 is 18.0 Å². The second kappa shape index (κ2) is 12.7. The molecule has 0 aliphatic carbocycles. The van der Waals surface area contributed by atoms with Crippen LogP contribution in [0.4, 0.5) is 22.7 Å². The minimum Gasteiger partial charge on any atom is -0.478 e. The van der Waals surface area contributed by atoms with Gasteiger partial charge in [0, 0.05) is 11.4 Å². The first-order chi connectivity index (χ1) is 26.2. The van der Waals surface area contributed by atoms with E-state index in [9.17, 15) is 0 Å². The van der Waals surface area contributed by atoms with Gasteiger partial charge in [0.25, 0.3) is 0 Å². The Hall–Kier alpha value is -6.82. The summed E-state index contributed by atoms with van der Waals surface area (Å²) < 4.78 is 19.4. The number of anilines is 4. The molecule has 4 nitrogen and oxygen atoms in total. The molecule has 0 bridgehead atoms. The van der Waals surface area contributed by atoms with Crippen molar-refractivity contribution in [3.05, 3.63) is 206 Å². The van der Waals surface area contributed by atoms with Crippen molar-refractivity contribution in [1.82, 2.24) is 0 Å². The molecule has 53 heavy (non-hydrogen) atoms. The quantitative estimate of drug-likeness (QED) is 0.161. The zero-order chi connectivity index (χ0) is 35.2. The highest BCUT2D eigenvalue weighted by Crippen LogP contribution is 2.55. The molecular weight excluding hydrogens is 665 g/mol. The average Bonchev–Trinajstić information content (AvgIpc) is 3.74. The molecule has 0 amide bonds. The lowest BCUT2D eigenvalue weighted by Crippen LogP contribution is -2.67. The number of para-hydroxylation sites is 4. The van der Waals surface area contributed by atoms with E-state index in [2.05, 4.69) is 203 Å². The standard InChI is InChI=1S/C48H34N2O2Si/c1-5-17-35(18-6-1)39-29-40(36-19-7-2-8-20-36)32-43(31-39)49-45-25-13-15-27-47(45)51-53(49)50(46-26-14-16-28-48(46)52-53)44-33-41(37-21-9-3-10-22-37)30-42(34-44)38-23-11-4-12-24-38/h1-34H. The van der Waals surface area contributed by atoms with E-state index in [1.165, 1.54) is 0 Å². The average molecular weight is 699 g/mol. The minimum atomic E-state index is -3.65. The Kier molecular flexibility index (Phi) is 7.44. The van der Waals surface area contributed by atoms with Crippen LogP contribution in [0.15, 0.2) is 206 Å². The highest BCUT2D eigenvalue weighted by atomic mass is 28.4. The molecule has 0 radical (unpaired) electrons. The Morgan fingerprint density at radius 1 is 0.283 bits per heavy atom. The summed E-state index contributed by atoms with van der Waals surface area (Å²) in [5.41, 5.74) is 13.0. The van der Waals surface area contributed by atoms with Crippen LogP contribution in [0.2, 0.25) is 0 Å². The molecule has 0 saturated carbocycles. The second-order valence-electron chi connectivity index (χ2n) is 13.4. The topological polar surface area (TPSA) is 24.9 Å². The minimum absolute atomic E-state index is 0.797. The van der Waals surface area contributed by atoms with E-state index in [4.69, 9.17) is 8.85 Å². The molecule has 0 atom stereocenters. The maximum absolute atomic E-state index is 7.32. The summed E-state index contributed by atoms with van der Waals surface area (Å²) in [6.07, 6.45) is 0. The van der Waals surface area contributed by atoms with E-state index < -0.39 is 8.88 Å². The molecule has 8 aromatic carbocycles. The number of hydrogen-bond acceptors (Lipinski definition) is 4. The van der Waals surface area contributed by atoms with Crippen LogP contribution in [0.5, 0.6) is 11.5 Å². The Labute approximate surface area is 310 Å². The maximum atomic E-state index is 7.32. The van der Waals surface area contributed by atoms with Gasteiger partial charge >= 0.3 is 8.88 Å². The largest absolute Gasteiger partial charge is 0.733 e. The van der Waals surface area contributed by atoms with E-state index >= 15 is 0 Å². The van der Waals surface area contributed by atoms with Gasteiger partial charge in [-0.05, 0) is 105 Å². The van der Waals surface area contributed by atoms with Crippen molar-refractivity contribution in [2.45, 2.75) is 0 Å². The fourth-order valence-electron chi connectivity index (χ4n) is 7.62. The molecule has 5 heteroatoms. The number of rotatable bonds is 6. The summed E-state index contributed by atoms with van der Waals surface area (Å²) in [7, 11) is -3.65. The lowest BCUT2D eigenvalue weighted by atomic mass is 9.98. The molecule has 1 spiro atoms. The summed E-state index contributed by atoms with van der Waals surface area (Å²) in [6, 6.07) is 72.7. The van der Waals surface area contributed by atoms with Gasteiger partial charge in [0.05, 0.1) is 11.4 Å². The van der Waals surface area contributed by atoms with Gasteiger partial charge in [-0.2, -0.15) is 0 Å². The van der Waals surface area contributed by atoms with Crippen LogP contribution in [0.1, 0.15) is 0 Å². The van der Waals surface area contributed by atoms with E-state index in [0.717, 1.165) is 78.8 Å². The van der Waals surface area contributed by atoms with Crippen LogP contribution in [0, 0.1) is 0 Å². The molecule has 10 rings (SSSR count). The van der Waals surface area contributed by atoms with Gasteiger partial charge in [0.2, 0.25) is 0 Å². The summed E-state index contributed by atoms with van der Waals surface area (Å²) >= 11 is 0. The molecule has 252 valence electrons. The van der Waals surface area contributed by atoms with Crippen molar-refractivity contribution in [3.8, 4) is 56.0 Å². The first-order valence-electron chi connectivity index (χ1n) is 17.9. The van der Waals surface area contributed by atoms with Gasteiger partial charge < -0.3 is 8.85 Å². The Morgan fingerprint density at radius 3 is 0.887 bits per heavy atom. The first-order valence-corrected chi connectivity index (χ1v) is 19.6. The zero-order valence-electron chi connectivity index (χ0n) is 28.8. The number of nitrogens with zero attached hydrogens (tertiary/aromatic N) is 2. The predicted octanol–water partition coefficient (Wildman–Crippen LogP) is 12.6. The molecule has 0 fully saturated rings. The molecule has 0 N–H and O–H groups in total. The highest BCUT2D eigenvalue weighted by molar-refractivity contribution is 6.82. The van der Waals surface area contributed by atoms with Crippen molar-refractivity contribution in [1.29, 1.82) is 0 Å². The fraction of sp³-hybridized carbons (Fsp3) is 0. The van der Waals surface area contributed by atoms with Gasteiger partial charge in [-0.25, -0.2) is 0 Å². The van der Waals surface area contributed by atoms with Crippen LogP contribution in [-0.2, 0) is 0 Å². The number of benzene rings is 8. The van der Waals surface area contributed by atoms with Crippen LogP contribution in [0.25, 0.3) is 44.5 Å². The van der Waals surface area contributed by atoms with E-state index in [1.807, 2.05) is 12.1 Å². The van der Waals surface area contributed by atoms with Crippen LogP contribution >= 0.6 is 0 Å². The van der Waals surface area contributed by atoms with Gasteiger partial charge in [0.15, 0.2) is 0 Å². The number of hydrogen-bond donors (Lipinski definition) is 0. The molecular formula is C48H34N2O2Si. The second-order valence-corrected chi connectivity index (χ2v) is 15.8. The van der Waals surface area contributed by atoms with Gasteiger partial charge in [-0.3, -0.25) is 9.13 Å². The van der Waals surface area contributed by atoms with Gasteiger partial charge in [-0.1, -0.05) is 146 Å². The molecule has 0 aromatic heterocycles. The van der Waals surface area contributed by atoms with Crippen molar-refractivity contribution in [2.75, 3.05) is 9.13 Å². The summed E-state index contributed by atoms with van der Waals surface area (Å²) in [5, 5.41) is 0. The van der Waals surface area contributed by atoms with Crippen molar-refractivity contribution >= 4 is 31.6 Å². The monoisotopic (exact) mass is 698 g/mol. The first kappa shape index (κ1) is 31.0. The predicted molar refractivity (Wildman–Crippen MR) is 219 cm³/mol. The summed E-state index contributed by atoms with van der Waals surface area (Å²) in [4.78, 5) is 0. The van der Waals surface area contributed by atoms with E-state index in [-0.39, 0.29) is 0 Å². The maximum Gasteiger partial charge on any atom is 0.733 e. The summed E-state index contributed by atoms with van der Waals surface area (Å²) in [5.74, 6) is 1.59. The molecule has 2 aliphatic rings. The molecule has 0 saturated heterocycles. The zero-order valence-corrected chi connectivity index (χ0v) is 29.8. The Balaban J connectivity index is 1.24. The van der Waals surface area contributed by atoms with E-state index in [0.29, 0.717) is 0 Å².